The lowest BCUT2D eigenvalue weighted by atomic mass is 10.1. The van der Waals surface area contributed by atoms with Crippen LogP contribution in [0.25, 0.3) is 11.3 Å². The first-order valence-corrected chi connectivity index (χ1v) is 7.51. The van der Waals surface area contributed by atoms with Crippen molar-refractivity contribution in [2.24, 2.45) is 0 Å². The lowest BCUT2D eigenvalue weighted by molar-refractivity contribution is -0.117. The lowest BCUT2D eigenvalue weighted by Gasteiger charge is -2.09. The minimum atomic E-state index is 0.0545. The van der Waals surface area contributed by atoms with Gasteiger partial charge in [-0.1, -0.05) is 49.1 Å². The molecule has 0 N–H and O–H groups in total. The van der Waals surface area contributed by atoms with Crippen LogP contribution in [0.15, 0.2) is 39.3 Å². The third-order valence-electron chi connectivity index (χ3n) is 2.96. The smallest absolute Gasteiger partial charge is 0.234 e. The minimum Gasteiger partial charge on any atom is -0.338 e. The highest BCUT2D eigenvalue weighted by molar-refractivity contribution is 9.10. The first kappa shape index (κ1) is 12.9. The van der Waals surface area contributed by atoms with E-state index in [2.05, 4.69) is 37.0 Å². The van der Waals surface area contributed by atoms with Gasteiger partial charge in [0.15, 0.2) is 0 Å². The fraction of sp³-hybridized carbons (Fsp3) is 0.231. The number of carbonyl (C=O) groups excluding carboxylic acids is 1. The lowest BCUT2D eigenvalue weighted by Crippen LogP contribution is -2.23. The van der Waals surface area contributed by atoms with E-state index in [1.807, 2.05) is 24.3 Å². The van der Waals surface area contributed by atoms with Crippen LogP contribution in [0.4, 0.5) is 5.88 Å². The van der Waals surface area contributed by atoms with Gasteiger partial charge >= 0.3 is 0 Å². The molecule has 1 fully saturated rings. The van der Waals surface area contributed by atoms with Gasteiger partial charge in [-0.05, 0) is 12.1 Å². The molecule has 1 aromatic heterocycles. The number of anilines is 1. The monoisotopic (exact) mass is 384 g/mol. The first-order chi connectivity index (χ1) is 9.13. The van der Waals surface area contributed by atoms with Crippen molar-refractivity contribution in [3.05, 3.63) is 34.8 Å². The maximum absolute atomic E-state index is 11.8. The van der Waals surface area contributed by atoms with Gasteiger partial charge in [0.25, 0.3) is 0 Å². The number of alkyl halides is 1. The van der Waals surface area contributed by atoms with Crippen LogP contribution in [0.2, 0.25) is 0 Å². The zero-order chi connectivity index (χ0) is 13.4. The molecule has 2 aromatic rings. The van der Waals surface area contributed by atoms with E-state index in [0.717, 1.165) is 15.7 Å². The minimum absolute atomic E-state index is 0.0545. The average molecular weight is 386 g/mol. The summed E-state index contributed by atoms with van der Waals surface area (Å²) in [7, 11) is 0. The molecule has 1 aromatic carbocycles. The van der Waals surface area contributed by atoms with Crippen molar-refractivity contribution >= 4 is 43.7 Å². The van der Waals surface area contributed by atoms with E-state index >= 15 is 0 Å². The number of hydrogen-bond donors (Lipinski definition) is 0. The van der Waals surface area contributed by atoms with E-state index < -0.39 is 0 Å². The summed E-state index contributed by atoms with van der Waals surface area (Å²) in [6.45, 7) is 0.617. The van der Waals surface area contributed by atoms with E-state index in [1.54, 1.807) is 11.0 Å². The molecule has 0 radical (unpaired) electrons. The zero-order valence-electron chi connectivity index (χ0n) is 9.85. The summed E-state index contributed by atoms with van der Waals surface area (Å²) in [5, 5.41) is 4.03. The van der Waals surface area contributed by atoms with Gasteiger partial charge in [0.05, 0.1) is 0 Å². The van der Waals surface area contributed by atoms with Crippen molar-refractivity contribution in [1.29, 1.82) is 0 Å². The molecule has 0 saturated carbocycles. The van der Waals surface area contributed by atoms with Crippen LogP contribution in [0.1, 0.15) is 6.42 Å². The maximum atomic E-state index is 11.8. The van der Waals surface area contributed by atoms with Gasteiger partial charge in [0.1, 0.15) is 5.69 Å². The summed E-state index contributed by atoms with van der Waals surface area (Å²) in [6.07, 6.45) is 0.493. The zero-order valence-corrected chi connectivity index (χ0v) is 13.0. The Hall–Kier alpha value is -1.14. The molecule has 6 heteroatoms. The van der Waals surface area contributed by atoms with E-state index in [-0.39, 0.29) is 10.7 Å². The maximum Gasteiger partial charge on any atom is 0.234 e. The number of benzene rings is 1. The number of rotatable bonds is 2. The molecule has 19 heavy (non-hydrogen) atoms. The van der Waals surface area contributed by atoms with Crippen LogP contribution in [0.3, 0.4) is 0 Å². The number of nitrogens with zero attached hydrogens (tertiary/aromatic N) is 2. The van der Waals surface area contributed by atoms with Crippen molar-refractivity contribution in [3.8, 4) is 11.3 Å². The quantitative estimate of drug-likeness (QED) is 0.742. The normalized spacial score (nSPS) is 19.2. The number of amides is 1. The second-order valence-corrected chi connectivity index (χ2v) is 6.58. The van der Waals surface area contributed by atoms with E-state index in [4.69, 9.17) is 4.52 Å². The second kappa shape index (κ2) is 5.09. The van der Waals surface area contributed by atoms with Gasteiger partial charge in [0.2, 0.25) is 11.8 Å². The largest absolute Gasteiger partial charge is 0.338 e. The molecule has 4 nitrogen and oxygen atoms in total. The Kier molecular flexibility index (Phi) is 3.45. The van der Waals surface area contributed by atoms with Crippen molar-refractivity contribution in [2.75, 3.05) is 11.4 Å². The fourth-order valence-corrected chi connectivity index (χ4v) is 3.02. The van der Waals surface area contributed by atoms with E-state index in [1.165, 1.54) is 0 Å². The predicted molar refractivity (Wildman–Crippen MR) is 79.3 cm³/mol. The summed E-state index contributed by atoms with van der Waals surface area (Å²) >= 11 is 6.87. The first-order valence-electron chi connectivity index (χ1n) is 5.80. The van der Waals surface area contributed by atoms with Gasteiger partial charge in [0, 0.05) is 33.9 Å². The van der Waals surface area contributed by atoms with Crippen molar-refractivity contribution in [3.63, 3.8) is 0 Å². The molecule has 1 atom stereocenters. The molecule has 0 aliphatic carbocycles. The third kappa shape index (κ3) is 2.60. The van der Waals surface area contributed by atoms with Crippen LogP contribution in [-0.2, 0) is 4.79 Å². The Morgan fingerprint density at radius 1 is 1.37 bits per heavy atom. The fourth-order valence-electron chi connectivity index (χ4n) is 2.05. The molecule has 1 saturated heterocycles. The Morgan fingerprint density at radius 2 is 2.21 bits per heavy atom. The van der Waals surface area contributed by atoms with Gasteiger partial charge in [-0.25, -0.2) is 0 Å². The Balaban J connectivity index is 1.90. The highest BCUT2D eigenvalue weighted by Gasteiger charge is 2.31. The van der Waals surface area contributed by atoms with E-state index in [9.17, 15) is 4.79 Å². The van der Waals surface area contributed by atoms with Gasteiger partial charge in [-0.3, -0.25) is 9.69 Å². The molecule has 0 bridgehead atoms. The third-order valence-corrected chi connectivity index (χ3v) is 4.07. The predicted octanol–water partition coefficient (Wildman–Crippen LogP) is 3.60. The molecule has 0 spiro atoms. The summed E-state index contributed by atoms with van der Waals surface area (Å²) < 4.78 is 6.26. The Morgan fingerprint density at radius 3 is 2.89 bits per heavy atom. The highest BCUT2D eigenvalue weighted by atomic mass is 79.9. The second-order valence-electron chi connectivity index (χ2n) is 4.37. The van der Waals surface area contributed by atoms with E-state index in [0.29, 0.717) is 18.8 Å². The summed E-state index contributed by atoms with van der Waals surface area (Å²) in [5.74, 6) is 0.556. The molecular weight excluding hydrogens is 376 g/mol. The van der Waals surface area contributed by atoms with Gasteiger partial charge in [-0.15, -0.1) is 0 Å². The Bertz CT molecular complexity index is 627. The van der Waals surface area contributed by atoms with Crippen molar-refractivity contribution in [2.45, 2.75) is 11.2 Å². The van der Waals surface area contributed by atoms with Gasteiger partial charge in [-0.2, -0.15) is 0 Å². The van der Waals surface area contributed by atoms with Crippen LogP contribution in [-0.4, -0.2) is 22.4 Å². The summed E-state index contributed by atoms with van der Waals surface area (Å²) in [6, 6.07) is 9.59. The van der Waals surface area contributed by atoms with Crippen molar-refractivity contribution < 1.29 is 9.32 Å². The highest BCUT2D eigenvalue weighted by Crippen LogP contribution is 2.29. The molecule has 2 heterocycles. The molecule has 1 unspecified atom stereocenters. The Labute approximate surface area is 127 Å². The van der Waals surface area contributed by atoms with Crippen LogP contribution >= 0.6 is 31.9 Å². The van der Waals surface area contributed by atoms with Crippen LogP contribution < -0.4 is 4.90 Å². The molecule has 3 rings (SSSR count). The SMILES string of the molecule is O=C1CC(Br)CN1c1cc(-c2cccc(Br)c2)no1. The molecule has 1 amide bonds. The van der Waals surface area contributed by atoms with Gasteiger partial charge < -0.3 is 4.52 Å². The van der Waals surface area contributed by atoms with Crippen LogP contribution in [0.5, 0.6) is 0 Å². The number of hydrogen-bond acceptors (Lipinski definition) is 3. The number of aromatic nitrogens is 1. The standard InChI is InChI=1S/C13H10Br2N2O2/c14-9-3-1-2-8(4-9)11-6-13(19-16-11)17-7-10(15)5-12(17)18/h1-4,6,10H,5,7H2. The molecule has 1 aliphatic heterocycles. The average Bonchev–Trinajstić information content (AvgIpc) is 2.96. The molecular formula is C13H10Br2N2O2. The summed E-state index contributed by atoms with van der Waals surface area (Å²) in [5.41, 5.74) is 1.67. The number of halogens is 2. The van der Waals surface area contributed by atoms with Crippen molar-refractivity contribution in [1.82, 2.24) is 5.16 Å². The summed E-state index contributed by atoms with van der Waals surface area (Å²) in [4.78, 5) is 13.6. The molecule has 1 aliphatic rings. The molecule has 98 valence electrons. The number of carbonyl (C=O) groups is 1. The topological polar surface area (TPSA) is 46.3 Å². The van der Waals surface area contributed by atoms with Crippen LogP contribution in [0, 0.1) is 0 Å².